The van der Waals surface area contributed by atoms with Gasteiger partial charge in [-0.05, 0) is 76.7 Å². The molecular weight excluding hydrogens is 904 g/mol. The molecule has 10 heteroatoms. The van der Waals surface area contributed by atoms with Crippen LogP contribution in [0, 0.1) is 0 Å². The van der Waals surface area contributed by atoms with Crippen molar-refractivity contribution in [2.24, 2.45) is 0 Å². The Hall–Kier alpha value is -2.29. The zero-order chi connectivity index (χ0) is 52.2. The Morgan fingerprint density at radius 2 is 0.859 bits per heavy atom. The third-order valence-electron chi connectivity index (χ3n) is 13.0. The van der Waals surface area contributed by atoms with E-state index in [2.05, 4.69) is 74.7 Å². The lowest BCUT2D eigenvalue weighted by molar-refractivity contribution is -0.870. The second-order valence-corrected chi connectivity index (χ2v) is 22.6. The minimum atomic E-state index is -4.45. The molecule has 0 heterocycles. The smallest absolute Gasteiger partial charge is 0.456 e. The van der Waals surface area contributed by atoms with Gasteiger partial charge in [0, 0.05) is 12.8 Å². The van der Waals surface area contributed by atoms with Gasteiger partial charge in [0.1, 0.15) is 19.3 Å². The second kappa shape index (κ2) is 51.2. The van der Waals surface area contributed by atoms with Gasteiger partial charge in [0.25, 0.3) is 0 Å². The highest BCUT2D eigenvalue weighted by Crippen LogP contribution is 2.43. The highest BCUT2D eigenvalue weighted by molar-refractivity contribution is 7.47. The highest BCUT2D eigenvalue weighted by atomic mass is 31.2. The van der Waals surface area contributed by atoms with Gasteiger partial charge >= 0.3 is 13.8 Å². The Morgan fingerprint density at radius 3 is 1.32 bits per heavy atom. The molecule has 414 valence electrons. The average molecular weight is 1020 g/mol. The van der Waals surface area contributed by atoms with Crippen molar-refractivity contribution in [2.45, 2.75) is 277 Å². The summed E-state index contributed by atoms with van der Waals surface area (Å²) in [5.74, 6) is -0.536. The van der Waals surface area contributed by atoms with Crippen molar-refractivity contribution in [3.63, 3.8) is 0 Å². The maximum atomic E-state index is 13.5. The number of rotatable bonds is 53. The molecule has 0 saturated carbocycles. The van der Waals surface area contributed by atoms with Crippen molar-refractivity contribution in [3.8, 4) is 0 Å². The van der Waals surface area contributed by atoms with Crippen LogP contribution in [0.3, 0.4) is 0 Å². The fourth-order valence-corrected chi connectivity index (χ4v) is 9.07. The molecule has 0 fully saturated rings. The number of nitrogens with one attached hydrogen (secondary N) is 1. The number of esters is 1. The molecule has 9 nitrogen and oxygen atoms in total. The Labute approximate surface area is 439 Å². The molecule has 0 aliphatic heterocycles. The largest absolute Gasteiger partial charge is 0.472 e. The lowest BCUT2D eigenvalue weighted by Gasteiger charge is -2.27. The van der Waals surface area contributed by atoms with Crippen LogP contribution < -0.4 is 5.32 Å². The van der Waals surface area contributed by atoms with Crippen molar-refractivity contribution in [3.05, 3.63) is 60.8 Å². The van der Waals surface area contributed by atoms with Crippen LogP contribution in [0.2, 0.25) is 0 Å². The number of carbonyl (C=O) groups excluding carboxylic acids is 2. The summed E-state index contributed by atoms with van der Waals surface area (Å²) in [6.45, 7) is 6.96. The summed E-state index contributed by atoms with van der Waals surface area (Å²) >= 11 is 0. The van der Waals surface area contributed by atoms with E-state index in [9.17, 15) is 19.0 Å². The molecule has 0 saturated heterocycles. The molecule has 0 spiro atoms. The van der Waals surface area contributed by atoms with Gasteiger partial charge in [-0.2, -0.15) is 0 Å². The summed E-state index contributed by atoms with van der Waals surface area (Å²) in [7, 11) is 1.48. The standard InChI is InChI=1S/C61H113N2O7P/c1-7-10-13-16-19-22-25-28-29-30-31-32-33-36-38-41-44-47-50-53-60(64)62-58(57-69-71(66,67)68-56-55-63(4,5)6)59(52-49-46-43-40-37-34-26-23-20-17-14-11-8-2)70-61(65)54-51-48-45-42-39-35-27-24-21-18-15-12-9-3/h19,22,28-29,31-32,36,38,49,52,58-59H,7-18,20-21,23-27,30,33-35,37,39-48,50-51,53-57H2,1-6H3,(H-,62,64,66,67)/p+1/b22-19-,29-28-,32-31-,38-36-,52-49-. The number of unbranched alkanes of at least 4 members (excludes halogenated alkanes) is 29. The van der Waals surface area contributed by atoms with Crippen LogP contribution in [0.15, 0.2) is 60.8 Å². The summed E-state index contributed by atoms with van der Waals surface area (Å²) in [5, 5.41) is 3.04. The van der Waals surface area contributed by atoms with Crippen LogP contribution in [0.1, 0.15) is 265 Å². The van der Waals surface area contributed by atoms with Gasteiger partial charge in [-0.15, -0.1) is 0 Å². The van der Waals surface area contributed by atoms with Crippen LogP contribution in [0.4, 0.5) is 0 Å². The van der Waals surface area contributed by atoms with Crippen LogP contribution in [0.25, 0.3) is 0 Å². The van der Waals surface area contributed by atoms with Gasteiger partial charge in [0.2, 0.25) is 5.91 Å². The number of carbonyl (C=O) groups is 2. The van der Waals surface area contributed by atoms with Crippen molar-refractivity contribution in [1.29, 1.82) is 0 Å². The van der Waals surface area contributed by atoms with Gasteiger partial charge in [-0.3, -0.25) is 18.6 Å². The average Bonchev–Trinajstić information content (AvgIpc) is 3.33. The molecule has 3 unspecified atom stereocenters. The fraction of sp³-hybridized carbons (Fsp3) is 0.803. The number of hydrogen-bond donors (Lipinski definition) is 2. The molecule has 0 aromatic carbocycles. The predicted molar refractivity (Wildman–Crippen MR) is 305 cm³/mol. The van der Waals surface area contributed by atoms with Gasteiger partial charge in [0.15, 0.2) is 0 Å². The number of ether oxygens (including phenoxy) is 1. The van der Waals surface area contributed by atoms with Crippen LogP contribution in [0.5, 0.6) is 0 Å². The zero-order valence-electron chi connectivity index (χ0n) is 47.2. The van der Waals surface area contributed by atoms with E-state index in [1.165, 1.54) is 148 Å². The third kappa shape index (κ3) is 52.4. The Morgan fingerprint density at radius 1 is 0.493 bits per heavy atom. The number of likely N-dealkylation sites (N-methyl/N-ethyl adjacent to an activating group) is 1. The summed E-state index contributed by atoms with van der Waals surface area (Å²) in [6, 6.07) is -0.863. The van der Waals surface area contributed by atoms with Gasteiger partial charge in [0.05, 0.1) is 33.8 Å². The first kappa shape index (κ1) is 68.7. The SMILES string of the molecule is CCCCC/C=C\C/C=C\C/C=C\C/C=C\CCCCCC(=O)NC(COP(=O)(O)OCC[N+](C)(C)C)C(/C=C\CCCCCCCCCCCCC)OC(=O)CCCCCCCCCCCCCCC. The van der Waals surface area contributed by atoms with Crippen LogP contribution >= 0.6 is 7.82 Å². The molecule has 0 aliphatic carbocycles. The zero-order valence-corrected chi connectivity index (χ0v) is 48.1. The van der Waals surface area contributed by atoms with Crippen LogP contribution in [-0.4, -0.2) is 74.3 Å². The van der Waals surface area contributed by atoms with Crippen molar-refractivity contribution < 1.29 is 37.3 Å². The molecule has 0 aliphatic rings. The number of nitrogens with zero attached hydrogens (tertiary/aromatic N) is 1. The number of phosphoric acid groups is 1. The molecule has 0 aromatic heterocycles. The molecule has 2 N–H and O–H groups in total. The predicted octanol–water partition coefficient (Wildman–Crippen LogP) is 17.9. The van der Waals surface area contributed by atoms with Crippen molar-refractivity contribution in [1.82, 2.24) is 5.32 Å². The highest BCUT2D eigenvalue weighted by Gasteiger charge is 2.30. The molecule has 0 aromatic rings. The first-order valence-corrected chi connectivity index (χ1v) is 31.1. The van der Waals surface area contributed by atoms with E-state index < -0.39 is 20.0 Å². The normalized spacial score (nSPS) is 14.2. The number of phosphoric ester groups is 1. The number of hydrogen-bond acceptors (Lipinski definition) is 6. The quantitative estimate of drug-likeness (QED) is 0.0205. The monoisotopic (exact) mass is 1020 g/mol. The lowest BCUT2D eigenvalue weighted by Crippen LogP contribution is -2.47. The van der Waals surface area contributed by atoms with Crippen LogP contribution in [-0.2, 0) is 27.9 Å². The lowest BCUT2D eigenvalue weighted by atomic mass is 10.0. The van der Waals surface area contributed by atoms with Gasteiger partial charge < -0.3 is 19.4 Å². The van der Waals surface area contributed by atoms with E-state index in [0.29, 0.717) is 23.9 Å². The molecule has 0 rings (SSSR count). The minimum absolute atomic E-state index is 0.0335. The summed E-state index contributed by atoms with van der Waals surface area (Å²) in [6.07, 6.45) is 63.5. The molecular formula is C61H114N2O7P+. The maximum absolute atomic E-state index is 13.5. The van der Waals surface area contributed by atoms with Crippen molar-refractivity contribution >= 4 is 19.7 Å². The Bertz CT molecular complexity index is 1400. The first-order valence-electron chi connectivity index (χ1n) is 29.6. The topological polar surface area (TPSA) is 111 Å². The van der Waals surface area contributed by atoms with E-state index >= 15 is 0 Å². The third-order valence-corrected chi connectivity index (χ3v) is 13.9. The first-order chi connectivity index (χ1) is 34.4. The fourth-order valence-electron chi connectivity index (χ4n) is 8.33. The van der Waals surface area contributed by atoms with E-state index in [1.54, 1.807) is 0 Å². The van der Waals surface area contributed by atoms with E-state index in [0.717, 1.165) is 77.0 Å². The van der Waals surface area contributed by atoms with E-state index in [1.807, 2.05) is 33.3 Å². The maximum Gasteiger partial charge on any atom is 0.472 e. The number of allylic oxidation sites excluding steroid dienone is 9. The molecule has 71 heavy (non-hydrogen) atoms. The Balaban J connectivity index is 5.39. The Kier molecular flexibility index (Phi) is 49.6. The summed E-state index contributed by atoms with van der Waals surface area (Å²) in [5.41, 5.74) is 0. The second-order valence-electron chi connectivity index (χ2n) is 21.2. The molecule has 1 amide bonds. The molecule has 3 atom stereocenters. The van der Waals surface area contributed by atoms with Gasteiger partial charge in [-0.25, -0.2) is 4.57 Å². The molecule has 0 bridgehead atoms. The number of amides is 1. The number of quaternary nitrogens is 1. The van der Waals surface area contributed by atoms with Crippen molar-refractivity contribution in [2.75, 3.05) is 40.9 Å². The van der Waals surface area contributed by atoms with E-state index in [-0.39, 0.29) is 31.5 Å². The van der Waals surface area contributed by atoms with Gasteiger partial charge in [-0.1, -0.05) is 236 Å². The summed E-state index contributed by atoms with van der Waals surface area (Å²) < 4.78 is 30.6. The summed E-state index contributed by atoms with van der Waals surface area (Å²) in [4.78, 5) is 37.6. The minimum Gasteiger partial charge on any atom is -0.456 e. The van der Waals surface area contributed by atoms with E-state index in [4.69, 9.17) is 13.8 Å². The molecule has 0 radical (unpaired) electrons.